The van der Waals surface area contributed by atoms with E-state index < -0.39 is 5.97 Å². The van der Waals surface area contributed by atoms with Crippen molar-refractivity contribution in [2.24, 2.45) is 0 Å². The highest BCUT2D eigenvalue weighted by molar-refractivity contribution is 7.17. The molecule has 0 atom stereocenters. The largest absolute Gasteiger partial charge is 0.477 e. The van der Waals surface area contributed by atoms with Crippen LogP contribution in [0.25, 0.3) is 0 Å². The third kappa shape index (κ3) is 1.95. The first kappa shape index (κ1) is 9.48. The number of carbonyl (C=O) groups is 1. The van der Waals surface area contributed by atoms with Gasteiger partial charge in [0.1, 0.15) is 4.88 Å². The van der Waals surface area contributed by atoms with E-state index in [9.17, 15) is 4.79 Å². The summed E-state index contributed by atoms with van der Waals surface area (Å²) in [5, 5.41) is 8.72. The SMILES string of the molecule is CCCc1nc(Cl)sc1C(=O)O. The van der Waals surface area contributed by atoms with E-state index in [1.54, 1.807) is 0 Å². The van der Waals surface area contributed by atoms with Crippen LogP contribution < -0.4 is 0 Å². The number of halogens is 1. The Hall–Kier alpha value is -0.610. The molecule has 0 radical (unpaired) electrons. The van der Waals surface area contributed by atoms with Gasteiger partial charge < -0.3 is 5.11 Å². The van der Waals surface area contributed by atoms with E-state index in [1.807, 2.05) is 6.92 Å². The standard InChI is InChI=1S/C7H8ClNO2S/c1-2-3-4-5(6(10)11)12-7(8)9-4/h2-3H2,1H3,(H,10,11). The molecule has 0 fully saturated rings. The number of thiazole rings is 1. The summed E-state index contributed by atoms with van der Waals surface area (Å²) < 4.78 is 0.302. The van der Waals surface area contributed by atoms with Gasteiger partial charge in [0.25, 0.3) is 0 Å². The minimum atomic E-state index is -0.942. The summed E-state index contributed by atoms with van der Waals surface area (Å²) in [5.41, 5.74) is 0.597. The van der Waals surface area contributed by atoms with Crippen molar-refractivity contribution in [2.75, 3.05) is 0 Å². The molecule has 0 aliphatic rings. The number of aromatic carboxylic acids is 1. The summed E-state index contributed by atoms with van der Waals surface area (Å²) in [5.74, 6) is -0.942. The highest BCUT2D eigenvalue weighted by Crippen LogP contribution is 2.23. The first-order chi connectivity index (χ1) is 5.65. The first-order valence-corrected chi connectivity index (χ1v) is 4.73. The first-order valence-electron chi connectivity index (χ1n) is 3.53. The molecule has 3 nitrogen and oxygen atoms in total. The van der Waals surface area contributed by atoms with Crippen LogP contribution in [0.15, 0.2) is 0 Å². The van der Waals surface area contributed by atoms with Crippen LogP contribution in [-0.4, -0.2) is 16.1 Å². The van der Waals surface area contributed by atoms with Crippen LogP contribution in [0.3, 0.4) is 0 Å². The zero-order valence-corrected chi connectivity index (χ0v) is 8.08. The maximum absolute atomic E-state index is 10.6. The zero-order valence-electron chi connectivity index (χ0n) is 6.50. The van der Waals surface area contributed by atoms with E-state index in [0.717, 1.165) is 17.8 Å². The summed E-state index contributed by atoms with van der Waals surface area (Å²) >= 11 is 6.61. The summed E-state index contributed by atoms with van der Waals surface area (Å²) in [4.78, 5) is 14.8. The van der Waals surface area contributed by atoms with Crippen molar-refractivity contribution in [3.63, 3.8) is 0 Å². The number of aryl methyl sites for hydroxylation is 1. The van der Waals surface area contributed by atoms with Gasteiger partial charge >= 0.3 is 5.97 Å². The van der Waals surface area contributed by atoms with Gasteiger partial charge in [0, 0.05) is 0 Å². The molecule has 1 N–H and O–H groups in total. The van der Waals surface area contributed by atoms with Crippen LogP contribution in [0.4, 0.5) is 0 Å². The molecule has 0 spiro atoms. The molecule has 0 aliphatic heterocycles. The van der Waals surface area contributed by atoms with Crippen LogP contribution >= 0.6 is 22.9 Å². The summed E-state index contributed by atoms with van der Waals surface area (Å²) in [6.07, 6.45) is 1.55. The molecule has 0 amide bonds. The number of aromatic nitrogens is 1. The van der Waals surface area contributed by atoms with Crippen LogP contribution in [0.5, 0.6) is 0 Å². The maximum atomic E-state index is 10.6. The number of carboxylic acids is 1. The molecule has 1 rings (SSSR count). The molecule has 5 heteroatoms. The van der Waals surface area contributed by atoms with Gasteiger partial charge in [0.15, 0.2) is 4.47 Å². The van der Waals surface area contributed by atoms with Crippen molar-refractivity contribution in [2.45, 2.75) is 19.8 Å². The number of nitrogens with zero attached hydrogens (tertiary/aromatic N) is 1. The molecule has 0 aliphatic carbocycles. The lowest BCUT2D eigenvalue weighted by atomic mass is 10.2. The summed E-state index contributed by atoms with van der Waals surface area (Å²) in [7, 11) is 0. The van der Waals surface area contributed by atoms with Crippen molar-refractivity contribution < 1.29 is 9.90 Å². The Labute approximate surface area is 79.0 Å². The van der Waals surface area contributed by atoms with E-state index in [0.29, 0.717) is 16.6 Å². The fraction of sp³-hybridized carbons (Fsp3) is 0.429. The average molecular weight is 206 g/mol. The third-order valence-corrected chi connectivity index (χ3v) is 2.54. The molecule has 66 valence electrons. The predicted molar refractivity (Wildman–Crippen MR) is 48.1 cm³/mol. The van der Waals surface area contributed by atoms with Crippen molar-refractivity contribution in [3.8, 4) is 0 Å². The molecular weight excluding hydrogens is 198 g/mol. The van der Waals surface area contributed by atoms with E-state index in [1.165, 1.54) is 0 Å². The second kappa shape index (κ2) is 3.87. The fourth-order valence-electron chi connectivity index (χ4n) is 0.896. The number of rotatable bonds is 3. The number of hydrogen-bond acceptors (Lipinski definition) is 3. The predicted octanol–water partition coefficient (Wildman–Crippen LogP) is 2.45. The zero-order chi connectivity index (χ0) is 9.14. The lowest BCUT2D eigenvalue weighted by Crippen LogP contribution is -1.98. The van der Waals surface area contributed by atoms with Crippen LogP contribution in [0.1, 0.15) is 28.7 Å². The van der Waals surface area contributed by atoms with Crippen molar-refractivity contribution in [1.82, 2.24) is 4.98 Å². The topological polar surface area (TPSA) is 50.2 Å². The maximum Gasteiger partial charge on any atom is 0.347 e. The van der Waals surface area contributed by atoms with E-state index in [2.05, 4.69) is 4.98 Å². The van der Waals surface area contributed by atoms with Crippen LogP contribution in [-0.2, 0) is 6.42 Å². The minimum absolute atomic E-state index is 0.266. The van der Waals surface area contributed by atoms with Gasteiger partial charge in [0.05, 0.1) is 5.69 Å². The lowest BCUT2D eigenvalue weighted by Gasteiger charge is -1.92. The second-order valence-electron chi connectivity index (χ2n) is 2.30. The molecule has 1 aromatic heterocycles. The van der Waals surface area contributed by atoms with Crippen molar-refractivity contribution in [3.05, 3.63) is 15.0 Å². The summed E-state index contributed by atoms with van der Waals surface area (Å²) in [6.45, 7) is 1.97. The van der Waals surface area contributed by atoms with E-state index >= 15 is 0 Å². The van der Waals surface area contributed by atoms with Gasteiger partial charge in [-0.2, -0.15) is 0 Å². The van der Waals surface area contributed by atoms with Gasteiger partial charge in [-0.3, -0.25) is 0 Å². The smallest absolute Gasteiger partial charge is 0.347 e. The minimum Gasteiger partial charge on any atom is -0.477 e. The quantitative estimate of drug-likeness (QED) is 0.825. The Balaban J connectivity index is 2.99. The Morgan fingerprint density at radius 2 is 2.42 bits per heavy atom. The Morgan fingerprint density at radius 1 is 1.75 bits per heavy atom. The van der Waals surface area contributed by atoms with Crippen molar-refractivity contribution >= 4 is 28.9 Å². The van der Waals surface area contributed by atoms with Crippen LogP contribution in [0, 0.1) is 0 Å². The lowest BCUT2D eigenvalue weighted by molar-refractivity contribution is 0.0700. The Bertz CT molecular complexity index is 298. The average Bonchev–Trinajstić information content (AvgIpc) is 2.32. The van der Waals surface area contributed by atoms with E-state index in [4.69, 9.17) is 16.7 Å². The third-order valence-electron chi connectivity index (χ3n) is 1.35. The van der Waals surface area contributed by atoms with E-state index in [-0.39, 0.29) is 4.88 Å². The highest BCUT2D eigenvalue weighted by atomic mass is 35.5. The van der Waals surface area contributed by atoms with Gasteiger partial charge in [0.2, 0.25) is 0 Å². The van der Waals surface area contributed by atoms with Crippen molar-refractivity contribution in [1.29, 1.82) is 0 Å². The molecule has 0 unspecified atom stereocenters. The van der Waals surface area contributed by atoms with Gasteiger partial charge in [-0.25, -0.2) is 9.78 Å². The number of carboxylic acid groups (broad SMARTS) is 1. The monoisotopic (exact) mass is 205 g/mol. The van der Waals surface area contributed by atoms with Gasteiger partial charge in [-0.1, -0.05) is 36.3 Å². The molecule has 1 heterocycles. The molecular formula is C7H8ClNO2S. The second-order valence-corrected chi connectivity index (χ2v) is 3.88. The number of hydrogen-bond donors (Lipinski definition) is 1. The van der Waals surface area contributed by atoms with Gasteiger partial charge in [-0.15, -0.1) is 0 Å². The highest BCUT2D eigenvalue weighted by Gasteiger charge is 2.14. The molecule has 12 heavy (non-hydrogen) atoms. The summed E-state index contributed by atoms with van der Waals surface area (Å²) in [6, 6.07) is 0. The Kier molecular flexibility index (Phi) is 3.05. The van der Waals surface area contributed by atoms with Crippen LogP contribution in [0.2, 0.25) is 4.47 Å². The fourth-order valence-corrected chi connectivity index (χ4v) is 1.91. The Morgan fingerprint density at radius 3 is 2.92 bits per heavy atom. The molecule has 0 saturated heterocycles. The van der Waals surface area contributed by atoms with Gasteiger partial charge in [-0.05, 0) is 6.42 Å². The molecule has 0 aromatic carbocycles. The molecule has 0 bridgehead atoms. The molecule has 0 saturated carbocycles. The normalized spacial score (nSPS) is 10.2. The molecule has 1 aromatic rings.